The van der Waals surface area contributed by atoms with E-state index in [1.54, 1.807) is 0 Å². The van der Waals surface area contributed by atoms with Gasteiger partial charge in [0.25, 0.3) is 0 Å². The summed E-state index contributed by atoms with van der Waals surface area (Å²) < 4.78 is 5.63. The van der Waals surface area contributed by atoms with Crippen LogP contribution >= 0.6 is 0 Å². The van der Waals surface area contributed by atoms with E-state index in [-0.39, 0.29) is 17.3 Å². The quantitative estimate of drug-likeness (QED) is 0.517. The SMILES string of the molecule is OC1C[C@]23C=CC=C[C@@]2(C1)O3. The van der Waals surface area contributed by atoms with Gasteiger partial charge < -0.3 is 9.84 Å². The maximum atomic E-state index is 9.40. The van der Waals surface area contributed by atoms with Crippen LogP contribution in [0, 0.1) is 0 Å². The van der Waals surface area contributed by atoms with Crippen molar-refractivity contribution in [1.82, 2.24) is 0 Å². The highest BCUT2D eigenvalue weighted by molar-refractivity contribution is 5.42. The topological polar surface area (TPSA) is 32.8 Å². The molecule has 0 amide bonds. The van der Waals surface area contributed by atoms with Gasteiger partial charge in [-0.2, -0.15) is 0 Å². The molecule has 3 atom stereocenters. The molecule has 1 aliphatic heterocycles. The van der Waals surface area contributed by atoms with Gasteiger partial charge in [-0.25, -0.2) is 0 Å². The fourth-order valence-corrected chi connectivity index (χ4v) is 2.41. The van der Waals surface area contributed by atoms with Crippen molar-refractivity contribution in [2.24, 2.45) is 0 Å². The van der Waals surface area contributed by atoms with Crippen LogP contribution in [-0.4, -0.2) is 22.4 Å². The second kappa shape index (κ2) is 1.45. The van der Waals surface area contributed by atoms with Gasteiger partial charge in [-0.15, -0.1) is 0 Å². The van der Waals surface area contributed by atoms with Gasteiger partial charge in [-0.05, 0) is 12.2 Å². The normalized spacial score (nSPS) is 57.4. The van der Waals surface area contributed by atoms with Gasteiger partial charge in [0.05, 0.1) is 6.10 Å². The fourth-order valence-electron chi connectivity index (χ4n) is 2.41. The van der Waals surface area contributed by atoms with Gasteiger partial charge in [0.15, 0.2) is 0 Å². The zero-order chi connectivity index (χ0) is 7.53. The van der Waals surface area contributed by atoms with Crippen LogP contribution in [-0.2, 0) is 4.74 Å². The first kappa shape index (κ1) is 5.98. The van der Waals surface area contributed by atoms with E-state index in [9.17, 15) is 5.11 Å². The van der Waals surface area contributed by atoms with Crippen LogP contribution in [0.4, 0.5) is 0 Å². The van der Waals surface area contributed by atoms with Crippen LogP contribution in [0.1, 0.15) is 12.8 Å². The highest BCUT2D eigenvalue weighted by Crippen LogP contribution is 2.62. The van der Waals surface area contributed by atoms with Crippen molar-refractivity contribution in [2.45, 2.75) is 30.1 Å². The number of hydrogen-bond donors (Lipinski definition) is 1. The largest absolute Gasteiger partial charge is 0.393 e. The van der Waals surface area contributed by atoms with E-state index in [4.69, 9.17) is 4.74 Å². The summed E-state index contributed by atoms with van der Waals surface area (Å²) in [5, 5.41) is 9.40. The molecule has 3 rings (SSSR count). The lowest BCUT2D eigenvalue weighted by atomic mass is 9.92. The van der Waals surface area contributed by atoms with E-state index in [0.717, 1.165) is 12.8 Å². The molecule has 0 spiro atoms. The minimum Gasteiger partial charge on any atom is -0.393 e. The molecule has 1 unspecified atom stereocenters. The van der Waals surface area contributed by atoms with Crippen molar-refractivity contribution in [3.05, 3.63) is 24.3 Å². The molecule has 0 bridgehead atoms. The lowest BCUT2D eigenvalue weighted by Gasteiger charge is -2.04. The Morgan fingerprint density at radius 1 is 1.18 bits per heavy atom. The van der Waals surface area contributed by atoms with Crippen LogP contribution in [0.3, 0.4) is 0 Å². The molecule has 1 heterocycles. The minimum atomic E-state index is -0.170. The molecule has 2 aliphatic carbocycles. The van der Waals surface area contributed by atoms with Crippen molar-refractivity contribution in [1.29, 1.82) is 0 Å². The first-order valence-electron chi connectivity index (χ1n) is 4.02. The van der Waals surface area contributed by atoms with Crippen molar-refractivity contribution < 1.29 is 9.84 Å². The molecule has 0 aromatic rings. The third kappa shape index (κ3) is 0.522. The van der Waals surface area contributed by atoms with Gasteiger partial charge in [0.1, 0.15) is 11.2 Å². The molecule has 1 saturated carbocycles. The second-order valence-electron chi connectivity index (χ2n) is 3.66. The lowest BCUT2D eigenvalue weighted by molar-refractivity contribution is 0.106. The third-order valence-corrected chi connectivity index (χ3v) is 2.96. The Labute approximate surface area is 65.2 Å². The van der Waals surface area contributed by atoms with E-state index >= 15 is 0 Å². The molecule has 0 aromatic heterocycles. The smallest absolute Gasteiger partial charge is 0.123 e. The maximum Gasteiger partial charge on any atom is 0.123 e. The molecular formula is C9H10O2. The first-order chi connectivity index (χ1) is 5.27. The van der Waals surface area contributed by atoms with E-state index in [1.165, 1.54) is 0 Å². The van der Waals surface area contributed by atoms with Gasteiger partial charge in [0.2, 0.25) is 0 Å². The Hall–Kier alpha value is -0.600. The summed E-state index contributed by atoms with van der Waals surface area (Å²) in [5.74, 6) is 0. The molecule has 0 radical (unpaired) electrons. The Morgan fingerprint density at radius 3 is 2.27 bits per heavy atom. The third-order valence-electron chi connectivity index (χ3n) is 2.96. The Bertz CT molecular complexity index is 243. The van der Waals surface area contributed by atoms with Crippen molar-refractivity contribution in [3.8, 4) is 0 Å². The summed E-state index contributed by atoms with van der Waals surface area (Å²) in [5.41, 5.74) is -0.220. The van der Waals surface area contributed by atoms with E-state index in [1.807, 2.05) is 12.2 Å². The van der Waals surface area contributed by atoms with Crippen LogP contribution in [0.2, 0.25) is 0 Å². The Morgan fingerprint density at radius 2 is 1.73 bits per heavy atom. The zero-order valence-corrected chi connectivity index (χ0v) is 6.16. The highest BCUT2D eigenvalue weighted by atomic mass is 16.6. The summed E-state index contributed by atoms with van der Waals surface area (Å²) in [6.45, 7) is 0. The van der Waals surface area contributed by atoms with Gasteiger partial charge in [0, 0.05) is 12.8 Å². The molecule has 1 N–H and O–H groups in total. The molecule has 58 valence electrons. The summed E-state index contributed by atoms with van der Waals surface area (Å²) in [7, 11) is 0. The van der Waals surface area contributed by atoms with Crippen LogP contribution in [0.5, 0.6) is 0 Å². The Balaban J connectivity index is 2.06. The maximum absolute atomic E-state index is 9.40. The minimum absolute atomic E-state index is 0.110. The molecule has 1 saturated heterocycles. The van der Waals surface area contributed by atoms with Gasteiger partial charge in [-0.1, -0.05) is 12.2 Å². The van der Waals surface area contributed by atoms with E-state index < -0.39 is 0 Å². The molecule has 11 heavy (non-hydrogen) atoms. The number of rotatable bonds is 0. The molecule has 2 fully saturated rings. The average molecular weight is 150 g/mol. The number of hydrogen-bond acceptors (Lipinski definition) is 2. The number of allylic oxidation sites excluding steroid dienone is 2. The van der Waals surface area contributed by atoms with Crippen molar-refractivity contribution in [2.75, 3.05) is 0 Å². The highest BCUT2D eigenvalue weighted by Gasteiger charge is 2.72. The molecular weight excluding hydrogens is 140 g/mol. The predicted molar refractivity (Wildman–Crippen MR) is 40.1 cm³/mol. The van der Waals surface area contributed by atoms with Crippen LogP contribution in [0.25, 0.3) is 0 Å². The summed E-state index contributed by atoms with van der Waals surface area (Å²) in [4.78, 5) is 0. The molecule has 0 aromatic carbocycles. The van der Waals surface area contributed by atoms with E-state index in [0.29, 0.717) is 0 Å². The lowest BCUT2D eigenvalue weighted by Crippen LogP contribution is -2.16. The number of aliphatic hydroxyl groups excluding tert-OH is 1. The summed E-state index contributed by atoms with van der Waals surface area (Å²) in [6, 6.07) is 0. The second-order valence-corrected chi connectivity index (χ2v) is 3.66. The molecule has 3 aliphatic rings. The summed E-state index contributed by atoms with van der Waals surface area (Å²) >= 11 is 0. The molecule has 2 heteroatoms. The van der Waals surface area contributed by atoms with Gasteiger partial charge in [-0.3, -0.25) is 0 Å². The Kier molecular flexibility index (Phi) is 0.787. The standard InChI is InChI=1S/C9H10O2/c10-7-5-8-3-1-2-4-9(8,6-7)11-8/h1-4,7,10H,5-6H2/t7?,8-,9+. The fraction of sp³-hybridized carbons (Fsp3) is 0.556. The number of ether oxygens (including phenoxy) is 1. The van der Waals surface area contributed by atoms with Crippen molar-refractivity contribution in [3.63, 3.8) is 0 Å². The first-order valence-corrected chi connectivity index (χ1v) is 4.02. The summed E-state index contributed by atoms with van der Waals surface area (Å²) in [6.07, 6.45) is 9.52. The van der Waals surface area contributed by atoms with Crippen molar-refractivity contribution >= 4 is 0 Å². The monoisotopic (exact) mass is 150 g/mol. The zero-order valence-electron chi connectivity index (χ0n) is 6.16. The van der Waals surface area contributed by atoms with Crippen LogP contribution < -0.4 is 0 Å². The number of epoxide rings is 1. The van der Waals surface area contributed by atoms with Crippen LogP contribution in [0.15, 0.2) is 24.3 Å². The predicted octanol–water partition coefficient (Wildman–Crippen LogP) is 0.775. The van der Waals surface area contributed by atoms with Gasteiger partial charge >= 0.3 is 0 Å². The number of aliphatic hydroxyl groups is 1. The average Bonchev–Trinajstić information content (AvgIpc) is 2.47. The molecule has 2 nitrogen and oxygen atoms in total. The van der Waals surface area contributed by atoms with E-state index in [2.05, 4.69) is 12.2 Å².